The molecule has 0 saturated carbocycles. The van der Waals surface area contributed by atoms with E-state index in [1.807, 2.05) is 18.2 Å². The van der Waals surface area contributed by atoms with Crippen molar-refractivity contribution in [3.8, 4) is 0 Å². The highest BCUT2D eigenvalue weighted by Gasteiger charge is 2.43. The molecule has 0 spiro atoms. The van der Waals surface area contributed by atoms with Crippen molar-refractivity contribution in [2.45, 2.75) is 44.4 Å². The van der Waals surface area contributed by atoms with Crippen molar-refractivity contribution < 1.29 is 4.79 Å². The van der Waals surface area contributed by atoms with E-state index in [0.717, 1.165) is 32.4 Å². The summed E-state index contributed by atoms with van der Waals surface area (Å²) in [4.78, 5) is 17.2. The Morgan fingerprint density at radius 2 is 2.05 bits per heavy atom. The molecule has 1 N–H and O–H groups in total. The monoisotopic (exact) mass is 287 g/mol. The topological polar surface area (TPSA) is 35.6 Å². The lowest BCUT2D eigenvalue weighted by Gasteiger charge is -2.30. The van der Waals surface area contributed by atoms with Gasteiger partial charge in [0.05, 0.1) is 6.04 Å². The van der Waals surface area contributed by atoms with Gasteiger partial charge in [-0.15, -0.1) is 0 Å². The van der Waals surface area contributed by atoms with Crippen molar-refractivity contribution in [3.63, 3.8) is 0 Å². The van der Waals surface area contributed by atoms with E-state index in [-0.39, 0.29) is 18.1 Å². The van der Waals surface area contributed by atoms with Crippen molar-refractivity contribution in [1.29, 1.82) is 0 Å². The van der Waals surface area contributed by atoms with E-state index in [2.05, 4.69) is 41.2 Å². The van der Waals surface area contributed by atoms with Gasteiger partial charge in [-0.25, -0.2) is 0 Å². The maximum Gasteiger partial charge on any atom is 0.241 e. The second-order valence-corrected chi connectivity index (χ2v) is 6.27. The van der Waals surface area contributed by atoms with Crippen LogP contribution in [0.4, 0.5) is 0 Å². The average Bonchev–Trinajstić information content (AvgIpc) is 3.05. The molecule has 2 aliphatic rings. The normalized spacial score (nSPS) is 30.3. The van der Waals surface area contributed by atoms with Gasteiger partial charge in [-0.05, 0) is 32.0 Å². The molecule has 0 bridgehead atoms. The van der Waals surface area contributed by atoms with Crippen LogP contribution in [0.5, 0.6) is 0 Å². The minimum Gasteiger partial charge on any atom is -0.317 e. The van der Waals surface area contributed by atoms with Crippen LogP contribution >= 0.6 is 0 Å². The molecule has 1 aromatic rings. The number of hydrogen-bond acceptors (Lipinski definition) is 3. The number of nitrogens with one attached hydrogen (secondary N) is 1. The molecule has 0 aliphatic carbocycles. The molecule has 0 aromatic heterocycles. The van der Waals surface area contributed by atoms with Crippen molar-refractivity contribution in [2.24, 2.45) is 0 Å². The van der Waals surface area contributed by atoms with Crippen LogP contribution in [0, 0.1) is 0 Å². The third kappa shape index (κ3) is 2.83. The Kier molecular flexibility index (Phi) is 4.27. The average molecular weight is 287 g/mol. The van der Waals surface area contributed by atoms with Crippen LogP contribution in [0.3, 0.4) is 0 Å². The molecule has 3 atom stereocenters. The lowest BCUT2D eigenvalue weighted by molar-refractivity contribution is -0.132. The summed E-state index contributed by atoms with van der Waals surface area (Å²) in [5, 5.41) is 3.56. The van der Waals surface area contributed by atoms with Gasteiger partial charge >= 0.3 is 0 Å². The zero-order valence-corrected chi connectivity index (χ0v) is 13.0. The number of likely N-dealkylation sites (N-methyl/N-ethyl adjacent to an activating group) is 1. The lowest BCUT2D eigenvalue weighted by Crippen LogP contribution is -2.41. The summed E-state index contributed by atoms with van der Waals surface area (Å²) in [6.45, 7) is 4.20. The maximum atomic E-state index is 12.8. The first-order valence-electron chi connectivity index (χ1n) is 8.02. The number of benzene rings is 1. The van der Waals surface area contributed by atoms with Crippen LogP contribution in [0.1, 0.15) is 37.9 Å². The predicted molar refractivity (Wildman–Crippen MR) is 83.8 cm³/mol. The molecule has 4 heteroatoms. The molecular formula is C17H25N3O. The number of rotatable bonds is 4. The molecule has 1 aromatic carbocycles. The van der Waals surface area contributed by atoms with Crippen LogP contribution in [0.15, 0.2) is 30.3 Å². The quantitative estimate of drug-likeness (QED) is 0.920. The predicted octanol–water partition coefficient (Wildman–Crippen LogP) is 1.99. The highest BCUT2D eigenvalue weighted by molar-refractivity contribution is 5.85. The number of likely N-dealkylation sites (tertiary alicyclic amines) is 1. The van der Waals surface area contributed by atoms with Gasteiger partial charge in [-0.1, -0.05) is 43.7 Å². The Hall–Kier alpha value is -1.39. The molecule has 2 saturated heterocycles. The largest absolute Gasteiger partial charge is 0.317 e. The third-order valence-electron chi connectivity index (χ3n) is 4.64. The van der Waals surface area contributed by atoms with Gasteiger partial charge in [-0.2, -0.15) is 0 Å². The zero-order valence-electron chi connectivity index (χ0n) is 13.0. The fraction of sp³-hybridized carbons (Fsp3) is 0.588. The Morgan fingerprint density at radius 1 is 1.29 bits per heavy atom. The molecule has 0 radical (unpaired) electrons. The first-order valence-corrected chi connectivity index (χ1v) is 8.02. The highest BCUT2D eigenvalue weighted by atomic mass is 16.2. The van der Waals surface area contributed by atoms with Crippen molar-refractivity contribution in [2.75, 3.05) is 20.1 Å². The van der Waals surface area contributed by atoms with E-state index in [4.69, 9.17) is 0 Å². The van der Waals surface area contributed by atoms with Gasteiger partial charge in [0, 0.05) is 12.6 Å². The number of carbonyl (C=O) groups excluding carboxylic acids is 1. The third-order valence-corrected chi connectivity index (χ3v) is 4.64. The first kappa shape index (κ1) is 14.5. The minimum absolute atomic E-state index is 0.0221. The van der Waals surface area contributed by atoms with E-state index >= 15 is 0 Å². The van der Waals surface area contributed by atoms with Gasteiger partial charge in [0.1, 0.15) is 6.17 Å². The molecule has 3 unspecified atom stereocenters. The molecule has 21 heavy (non-hydrogen) atoms. The van der Waals surface area contributed by atoms with E-state index < -0.39 is 0 Å². The number of nitrogens with zero attached hydrogens (tertiary/aromatic N) is 2. The van der Waals surface area contributed by atoms with Gasteiger partial charge < -0.3 is 9.80 Å². The number of amides is 1. The molecule has 1 amide bonds. The molecule has 3 rings (SSSR count). The number of hydrogen-bond donors (Lipinski definition) is 1. The lowest BCUT2D eigenvalue weighted by atomic mass is 10.1. The summed E-state index contributed by atoms with van der Waals surface area (Å²) in [5.74, 6) is 0.283. The SMILES string of the molecule is CCCC1NC(c2ccccc2)N(C2CCN(C)C2)C1=O. The maximum absolute atomic E-state index is 12.8. The van der Waals surface area contributed by atoms with Crippen LogP contribution in [0.2, 0.25) is 0 Å². The van der Waals surface area contributed by atoms with E-state index in [1.54, 1.807) is 0 Å². The second-order valence-electron chi connectivity index (χ2n) is 6.27. The van der Waals surface area contributed by atoms with Crippen molar-refractivity contribution >= 4 is 5.91 Å². The Morgan fingerprint density at radius 3 is 2.67 bits per heavy atom. The van der Waals surface area contributed by atoms with Gasteiger partial charge in [0.2, 0.25) is 5.91 Å². The van der Waals surface area contributed by atoms with Gasteiger partial charge in [-0.3, -0.25) is 10.1 Å². The van der Waals surface area contributed by atoms with Crippen molar-refractivity contribution in [1.82, 2.24) is 15.1 Å². The van der Waals surface area contributed by atoms with Crippen molar-refractivity contribution in [3.05, 3.63) is 35.9 Å². The Labute approximate surface area is 127 Å². The number of carbonyl (C=O) groups is 1. The van der Waals surface area contributed by atoms with E-state index in [9.17, 15) is 4.79 Å². The van der Waals surface area contributed by atoms with E-state index in [0.29, 0.717) is 6.04 Å². The summed E-state index contributed by atoms with van der Waals surface area (Å²) in [7, 11) is 2.13. The molecule has 2 fully saturated rings. The molecular weight excluding hydrogens is 262 g/mol. The summed E-state index contributed by atoms with van der Waals surface area (Å²) in [6.07, 6.45) is 3.06. The molecule has 114 valence electrons. The van der Waals surface area contributed by atoms with E-state index in [1.165, 1.54) is 5.56 Å². The fourth-order valence-corrected chi connectivity index (χ4v) is 3.57. The highest BCUT2D eigenvalue weighted by Crippen LogP contribution is 2.31. The van der Waals surface area contributed by atoms with Crippen LogP contribution < -0.4 is 5.32 Å². The fourth-order valence-electron chi connectivity index (χ4n) is 3.57. The zero-order chi connectivity index (χ0) is 14.8. The molecule has 2 heterocycles. The first-order chi connectivity index (χ1) is 10.2. The smallest absolute Gasteiger partial charge is 0.241 e. The minimum atomic E-state index is -0.0221. The van der Waals surface area contributed by atoms with Gasteiger partial charge in [0.25, 0.3) is 0 Å². The molecule has 2 aliphatic heterocycles. The molecule has 4 nitrogen and oxygen atoms in total. The summed E-state index contributed by atoms with van der Waals surface area (Å²) in [6, 6.07) is 10.7. The van der Waals surface area contributed by atoms with Gasteiger partial charge in [0.15, 0.2) is 0 Å². The Bertz CT molecular complexity index is 490. The summed E-state index contributed by atoms with van der Waals surface area (Å²) in [5.41, 5.74) is 1.19. The van der Waals surface area contributed by atoms with Crippen LogP contribution in [-0.2, 0) is 4.79 Å². The Balaban J connectivity index is 1.86. The summed E-state index contributed by atoms with van der Waals surface area (Å²) >= 11 is 0. The summed E-state index contributed by atoms with van der Waals surface area (Å²) < 4.78 is 0. The standard InChI is InChI=1S/C17H25N3O/c1-3-7-15-17(21)20(14-10-11-19(2)12-14)16(18-15)13-8-5-4-6-9-13/h4-6,8-9,14-16,18H,3,7,10-12H2,1-2H3. The van der Waals surface area contributed by atoms with Crippen LogP contribution in [-0.4, -0.2) is 47.9 Å². The second kappa shape index (κ2) is 6.16. The van der Waals surface area contributed by atoms with Crippen LogP contribution in [0.25, 0.3) is 0 Å².